The molecule has 0 unspecified atom stereocenters. The molecule has 2 aromatic rings. The van der Waals surface area contributed by atoms with Gasteiger partial charge in [-0.3, -0.25) is 9.59 Å². The first kappa shape index (κ1) is 17.7. The molecule has 3 heteroatoms. The number of ketones is 1. The van der Waals surface area contributed by atoms with Crippen LogP contribution in [0.15, 0.2) is 54.1 Å². The van der Waals surface area contributed by atoms with Gasteiger partial charge in [-0.15, -0.1) is 0 Å². The van der Waals surface area contributed by atoms with Crippen molar-refractivity contribution in [2.75, 3.05) is 5.32 Å². The monoisotopic (exact) mass is 321 g/mol. The highest BCUT2D eigenvalue weighted by atomic mass is 16.2. The van der Waals surface area contributed by atoms with E-state index in [1.54, 1.807) is 19.9 Å². The third kappa shape index (κ3) is 4.42. The zero-order valence-electron chi connectivity index (χ0n) is 14.6. The maximum atomic E-state index is 12.7. The van der Waals surface area contributed by atoms with Crippen molar-refractivity contribution in [3.05, 3.63) is 70.8 Å². The first-order valence-corrected chi connectivity index (χ1v) is 8.08. The summed E-state index contributed by atoms with van der Waals surface area (Å²) in [4.78, 5) is 25.2. The summed E-state index contributed by atoms with van der Waals surface area (Å²) >= 11 is 0. The van der Waals surface area contributed by atoms with E-state index in [0.717, 1.165) is 22.4 Å². The highest BCUT2D eigenvalue weighted by molar-refractivity contribution is 6.26. The molecule has 2 aromatic carbocycles. The smallest absolute Gasteiger partial charge is 0.259 e. The van der Waals surface area contributed by atoms with Crippen molar-refractivity contribution < 1.29 is 9.59 Å². The average Bonchev–Trinajstić information content (AvgIpc) is 2.55. The summed E-state index contributed by atoms with van der Waals surface area (Å²) in [6, 6.07) is 15.2. The molecular weight excluding hydrogens is 298 g/mol. The van der Waals surface area contributed by atoms with E-state index in [1.807, 2.05) is 62.4 Å². The Kier molecular flexibility index (Phi) is 5.69. The lowest BCUT2D eigenvalue weighted by Gasteiger charge is -2.13. The molecule has 0 aromatic heterocycles. The van der Waals surface area contributed by atoms with Crippen LogP contribution in [0.5, 0.6) is 0 Å². The summed E-state index contributed by atoms with van der Waals surface area (Å²) < 4.78 is 0. The predicted molar refractivity (Wildman–Crippen MR) is 98.8 cm³/mol. The van der Waals surface area contributed by atoms with Gasteiger partial charge in [-0.1, -0.05) is 61.9 Å². The van der Waals surface area contributed by atoms with Crippen LogP contribution in [0.1, 0.15) is 30.5 Å². The van der Waals surface area contributed by atoms with Crippen LogP contribution in [0.25, 0.3) is 6.08 Å². The largest absolute Gasteiger partial charge is 0.322 e. The SMILES string of the molecule is Cc1ccc(NC(=O)C(=Cc2ccccc2)C(=O)C(C)C)c(C)c1. The minimum atomic E-state index is -0.371. The fourth-order valence-electron chi connectivity index (χ4n) is 2.42. The summed E-state index contributed by atoms with van der Waals surface area (Å²) in [6.07, 6.45) is 1.65. The summed E-state index contributed by atoms with van der Waals surface area (Å²) in [6.45, 7) is 7.53. The second-order valence-corrected chi connectivity index (χ2v) is 6.26. The maximum Gasteiger partial charge on any atom is 0.259 e. The molecule has 1 amide bonds. The molecule has 0 radical (unpaired) electrons. The topological polar surface area (TPSA) is 46.2 Å². The first-order valence-electron chi connectivity index (χ1n) is 8.08. The van der Waals surface area contributed by atoms with E-state index in [-0.39, 0.29) is 23.2 Å². The number of hydrogen-bond donors (Lipinski definition) is 1. The Hall–Kier alpha value is -2.68. The Balaban J connectivity index is 2.34. The molecule has 0 aliphatic carbocycles. The molecule has 0 bridgehead atoms. The van der Waals surface area contributed by atoms with E-state index in [9.17, 15) is 9.59 Å². The van der Waals surface area contributed by atoms with Crippen LogP contribution in [0, 0.1) is 19.8 Å². The Morgan fingerprint density at radius 3 is 2.25 bits per heavy atom. The molecule has 1 N–H and O–H groups in total. The predicted octanol–water partition coefficient (Wildman–Crippen LogP) is 4.55. The Morgan fingerprint density at radius 1 is 1.00 bits per heavy atom. The molecule has 0 fully saturated rings. The van der Waals surface area contributed by atoms with Gasteiger partial charge < -0.3 is 5.32 Å². The molecule has 0 saturated carbocycles. The number of Topliss-reactive ketones (excluding diaryl/α,β-unsaturated/α-hetero) is 1. The van der Waals surface area contributed by atoms with Crippen molar-refractivity contribution in [1.29, 1.82) is 0 Å². The third-order valence-corrected chi connectivity index (χ3v) is 3.78. The minimum Gasteiger partial charge on any atom is -0.322 e. The van der Waals surface area contributed by atoms with Crippen LogP contribution in [-0.2, 0) is 9.59 Å². The fourth-order valence-corrected chi connectivity index (χ4v) is 2.42. The molecule has 0 heterocycles. The van der Waals surface area contributed by atoms with Gasteiger partial charge >= 0.3 is 0 Å². The lowest BCUT2D eigenvalue weighted by atomic mass is 9.98. The van der Waals surface area contributed by atoms with Crippen LogP contribution < -0.4 is 5.32 Å². The molecule has 0 aliphatic heterocycles. The van der Waals surface area contributed by atoms with Crippen molar-refractivity contribution >= 4 is 23.5 Å². The number of nitrogens with one attached hydrogen (secondary N) is 1. The summed E-state index contributed by atoms with van der Waals surface area (Å²) in [5, 5.41) is 2.87. The van der Waals surface area contributed by atoms with Crippen molar-refractivity contribution in [2.45, 2.75) is 27.7 Å². The van der Waals surface area contributed by atoms with Crippen molar-refractivity contribution in [2.24, 2.45) is 5.92 Å². The highest BCUT2D eigenvalue weighted by Gasteiger charge is 2.21. The molecule has 24 heavy (non-hydrogen) atoms. The quantitative estimate of drug-likeness (QED) is 0.499. The van der Waals surface area contributed by atoms with E-state index in [2.05, 4.69) is 5.32 Å². The Bertz CT molecular complexity index is 774. The summed E-state index contributed by atoms with van der Waals surface area (Å²) in [5.41, 5.74) is 3.83. The number of hydrogen-bond acceptors (Lipinski definition) is 2. The Morgan fingerprint density at radius 2 is 1.67 bits per heavy atom. The molecule has 0 aliphatic rings. The van der Waals surface area contributed by atoms with Gasteiger partial charge in [0.05, 0.1) is 5.57 Å². The second kappa shape index (κ2) is 7.73. The van der Waals surface area contributed by atoms with Crippen molar-refractivity contribution in [3.8, 4) is 0 Å². The lowest BCUT2D eigenvalue weighted by molar-refractivity contribution is -0.121. The normalized spacial score (nSPS) is 11.5. The van der Waals surface area contributed by atoms with Gasteiger partial charge in [0.15, 0.2) is 5.78 Å². The van der Waals surface area contributed by atoms with Crippen LogP contribution in [0.2, 0.25) is 0 Å². The second-order valence-electron chi connectivity index (χ2n) is 6.26. The average molecular weight is 321 g/mol. The van der Waals surface area contributed by atoms with Crippen molar-refractivity contribution in [3.63, 3.8) is 0 Å². The number of rotatable bonds is 5. The molecule has 0 saturated heterocycles. The van der Waals surface area contributed by atoms with E-state index in [0.29, 0.717) is 0 Å². The van der Waals surface area contributed by atoms with Gasteiger partial charge in [-0.05, 0) is 37.1 Å². The van der Waals surface area contributed by atoms with Gasteiger partial charge in [0.25, 0.3) is 5.91 Å². The number of benzene rings is 2. The first-order chi connectivity index (χ1) is 11.4. The maximum absolute atomic E-state index is 12.7. The van der Waals surface area contributed by atoms with Crippen LogP contribution in [0.3, 0.4) is 0 Å². The Labute approximate surface area is 143 Å². The van der Waals surface area contributed by atoms with Crippen molar-refractivity contribution in [1.82, 2.24) is 0 Å². The van der Waals surface area contributed by atoms with Gasteiger partial charge in [0.1, 0.15) is 0 Å². The molecular formula is C21H23NO2. The highest BCUT2D eigenvalue weighted by Crippen LogP contribution is 2.19. The van der Waals surface area contributed by atoms with E-state index < -0.39 is 0 Å². The zero-order valence-corrected chi connectivity index (χ0v) is 14.6. The zero-order chi connectivity index (χ0) is 17.7. The van der Waals surface area contributed by atoms with E-state index in [4.69, 9.17) is 0 Å². The number of aryl methyl sites for hydroxylation is 2. The van der Waals surface area contributed by atoms with Crippen LogP contribution in [0.4, 0.5) is 5.69 Å². The molecule has 2 rings (SSSR count). The summed E-state index contributed by atoms with van der Waals surface area (Å²) in [5.74, 6) is -0.782. The third-order valence-electron chi connectivity index (χ3n) is 3.78. The fraction of sp³-hybridized carbons (Fsp3) is 0.238. The van der Waals surface area contributed by atoms with Gasteiger partial charge in [-0.25, -0.2) is 0 Å². The molecule has 124 valence electrons. The standard InChI is InChI=1S/C21H23NO2/c1-14(2)20(23)18(13-17-8-6-5-7-9-17)21(24)22-19-11-10-15(3)12-16(19)4/h5-14H,1-4H3,(H,22,24). The molecule has 0 spiro atoms. The molecule has 0 atom stereocenters. The van der Waals surface area contributed by atoms with Gasteiger partial charge in [0, 0.05) is 11.6 Å². The number of carbonyl (C=O) groups excluding carboxylic acids is 2. The number of carbonyl (C=O) groups is 2. The number of anilines is 1. The summed E-state index contributed by atoms with van der Waals surface area (Å²) in [7, 11) is 0. The van der Waals surface area contributed by atoms with Crippen LogP contribution >= 0.6 is 0 Å². The van der Waals surface area contributed by atoms with Gasteiger partial charge in [-0.2, -0.15) is 0 Å². The van der Waals surface area contributed by atoms with E-state index >= 15 is 0 Å². The van der Waals surface area contributed by atoms with Crippen LogP contribution in [-0.4, -0.2) is 11.7 Å². The van der Waals surface area contributed by atoms with E-state index in [1.165, 1.54) is 0 Å². The molecule has 3 nitrogen and oxygen atoms in total. The van der Waals surface area contributed by atoms with Gasteiger partial charge in [0.2, 0.25) is 0 Å². The number of amides is 1. The lowest BCUT2D eigenvalue weighted by Crippen LogP contribution is -2.23. The minimum absolute atomic E-state index is 0.166.